The van der Waals surface area contributed by atoms with E-state index < -0.39 is 0 Å². The lowest BCUT2D eigenvalue weighted by molar-refractivity contribution is 0.340. The van der Waals surface area contributed by atoms with Crippen LogP contribution in [-0.2, 0) is 0 Å². The average Bonchev–Trinajstić information content (AvgIpc) is 2.85. The van der Waals surface area contributed by atoms with E-state index in [0.29, 0.717) is 17.2 Å². The van der Waals surface area contributed by atoms with Gasteiger partial charge in [-0.1, -0.05) is 30.3 Å². The number of hydrogen-bond acceptors (Lipinski definition) is 4. The van der Waals surface area contributed by atoms with Crippen LogP contribution in [0.1, 0.15) is 18.3 Å². The van der Waals surface area contributed by atoms with Gasteiger partial charge in [-0.15, -0.1) is 0 Å². The van der Waals surface area contributed by atoms with Gasteiger partial charge in [-0.25, -0.2) is 0 Å². The Labute approximate surface area is 133 Å². The summed E-state index contributed by atoms with van der Waals surface area (Å²) in [5, 5.41) is 13.4. The largest absolute Gasteiger partial charge is 0.493 e. The fourth-order valence-electron chi connectivity index (χ4n) is 2.31. The van der Waals surface area contributed by atoms with Crippen molar-refractivity contribution in [2.45, 2.75) is 13.8 Å². The van der Waals surface area contributed by atoms with Crippen molar-refractivity contribution in [3.63, 3.8) is 0 Å². The fraction of sp³-hybridized carbons (Fsp3) is 0.188. The lowest BCUT2D eigenvalue weighted by Crippen LogP contribution is -1.99. The number of benzene rings is 2. The first-order valence-electron chi connectivity index (χ1n) is 7.03. The molecule has 0 spiro atoms. The molecular weight excluding hydrogens is 296 g/mol. The standard InChI is InChI=1S/C16H16N4OS/c1-3-21-15-9-8-12-6-4-5-7-13(12)14(15)10-17-20-11(2)18-19-16(20)22/h4-10H,3H2,1-2H3,(H,19,22)/b17-10-. The molecule has 0 unspecified atom stereocenters. The van der Waals surface area contributed by atoms with E-state index in [1.54, 1.807) is 10.9 Å². The molecule has 6 heteroatoms. The zero-order valence-electron chi connectivity index (χ0n) is 12.4. The number of aromatic amines is 1. The first-order chi connectivity index (χ1) is 10.7. The molecule has 0 bridgehead atoms. The van der Waals surface area contributed by atoms with Crippen molar-refractivity contribution < 1.29 is 4.74 Å². The van der Waals surface area contributed by atoms with Crippen LogP contribution >= 0.6 is 12.2 Å². The molecule has 1 N–H and O–H groups in total. The number of H-pyrrole nitrogens is 1. The van der Waals surface area contributed by atoms with Gasteiger partial charge in [0.15, 0.2) is 0 Å². The van der Waals surface area contributed by atoms with Crippen LogP contribution < -0.4 is 4.74 Å². The highest BCUT2D eigenvalue weighted by Crippen LogP contribution is 2.26. The molecule has 112 valence electrons. The number of ether oxygens (including phenoxy) is 1. The maximum atomic E-state index is 5.73. The Bertz CT molecular complexity index is 895. The molecule has 3 rings (SSSR count). The topological polar surface area (TPSA) is 55.2 Å². The Morgan fingerprint density at radius 2 is 2.14 bits per heavy atom. The maximum Gasteiger partial charge on any atom is 0.216 e. The van der Waals surface area contributed by atoms with E-state index in [0.717, 1.165) is 22.1 Å². The van der Waals surface area contributed by atoms with Gasteiger partial charge in [0.05, 0.1) is 12.8 Å². The van der Waals surface area contributed by atoms with Crippen LogP contribution in [0.15, 0.2) is 41.5 Å². The highest BCUT2D eigenvalue weighted by Gasteiger charge is 2.07. The highest BCUT2D eigenvalue weighted by molar-refractivity contribution is 7.71. The van der Waals surface area contributed by atoms with E-state index in [2.05, 4.69) is 27.4 Å². The van der Waals surface area contributed by atoms with E-state index in [4.69, 9.17) is 17.0 Å². The summed E-state index contributed by atoms with van der Waals surface area (Å²) >= 11 is 5.17. The van der Waals surface area contributed by atoms with Crippen LogP contribution in [0.4, 0.5) is 0 Å². The Kier molecular flexibility index (Phi) is 4.02. The molecule has 0 fully saturated rings. The van der Waals surface area contributed by atoms with Gasteiger partial charge in [-0.3, -0.25) is 5.10 Å². The molecule has 2 aromatic carbocycles. The van der Waals surface area contributed by atoms with Crippen LogP contribution in [-0.4, -0.2) is 27.7 Å². The smallest absolute Gasteiger partial charge is 0.216 e. The predicted octanol–water partition coefficient (Wildman–Crippen LogP) is 3.68. The molecule has 0 saturated carbocycles. The van der Waals surface area contributed by atoms with Crippen molar-refractivity contribution in [3.8, 4) is 5.75 Å². The minimum Gasteiger partial charge on any atom is -0.493 e. The third kappa shape index (κ3) is 2.65. The van der Waals surface area contributed by atoms with Gasteiger partial charge < -0.3 is 4.74 Å². The van der Waals surface area contributed by atoms with E-state index in [-0.39, 0.29) is 0 Å². The normalized spacial score (nSPS) is 11.4. The summed E-state index contributed by atoms with van der Waals surface area (Å²) in [6.07, 6.45) is 1.77. The number of fused-ring (bicyclic) bond motifs is 1. The second-order valence-corrected chi connectivity index (χ2v) is 5.15. The molecule has 1 aromatic heterocycles. The Balaban J connectivity index is 2.15. The number of rotatable bonds is 4. The van der Waals surface area contributed by atoms with Crippen LogP contribution in [0.25, 0.3) is 10.8 Å². The predicted molar refractivity (Wildman–Crippen MR) is 90.3 cm³/mol. The zero-order chi connectivity index (χ0) is 15.5. The molecule has 0 aliphatic heterocycles. The maximum absolute atomic E-state index is 5.73. The summed E-state index contributed by atoms with van der Waals surface area (Å²) in [7, 11) is 0. The second kappa shape index (κ2) is 6.11. The second-order valence-electron chi connectivity index (χ2n) is 4.76. The van der Waals surface area contributed by atoms with E-state index in [1.165, 1.54) is 0 Å². The first kappa shape index (κ1) is 14.5. The van der Waals surface area contributed by atoms with Crippen LogP contribution in [0, 0.1) is 11.7 Å². The zero-order valence-corrected chi connectivity index (χ0v) is 13.2. The van der Waals surface area contributed by atoms with E-state index >= 15 is 0 Å². The summed E-state index contributed by atoms with van der Waals surface area (Å²) in [5.41, 5.74) is 0.933. The summed E-state index contributed by atoms with van der Waals surface area (Å²) in [6, 6.07) is 12.2. The molecule has 0 aliphatic carbocycles. The Morgan fingerprint density at radius 3 is 2.86 bits per heavy atom. The molecule has 0 radical (unpaired) electrons. The first-order valence-corrected chi connectivity index (χ1v) is 7.44. The number of nitrogens with zero attached hydrogens (tertiary/aromatic N) is 3. The van der Waals surface area contributed by atoms with Gasteiger partial charge in [0.25, 0.3) is 0 Å². The van der Waals surface area contributed by atoms with E-state index in [1.807, 2.05) is 38.1 Å². The highest BCUT2D eigenvalue weighted by atomic mass is 32.1. The Hall–Kier alpha value is -2.47. The molecule has 1 heterocycles. The number of hydrogen-bond donors (Lipinski definition) is 1. The van der Waals surface area contributed by atoms with Crippen molar-refractivity contribution in [3.05, 3.63) is 52.6 Å². The average molecular weight is 312 g/mol. The monoisotopic (exact) mass is 312 g/mol. The van der Waals surface area contributed by atoms with Gasteiger partial charge in [0.1, 0.15) is 11.6 Å². The van der Waals surface area contributed by atoms with Gasteiger partial charge in [-0.05, 0) is 42.9 Å². The molecular formula is C16H16N4OS. The van der Waals surface area contributed by atoms with Crippen LogP contribution in [0.2, 0.25) is 0 Å². The lowest BCUT2D eigenvalue weighted by atomic mass is 10.0. The van der Waals surface area contributed by atoms with Crippen LogP contribution in [0.5, 0.6) is 5.75 Å². The molecule has 3 aromatic rings. The van der Waals surface area contributed by atoms with Crippen LogP contribution in [0.3, 0.4) is 0 Å². The quantitative estimate of drug-likeness (QED) is 0.590. The molecule has 0 aliphatic rings. The molecule has 0 saturated heterocycles. The summed E-state index contributed by atoms with van der Waals surface area (Å²) < 4.78 is 7.78. The number of aryl methyl sites for hydroxylation is 1. The van der Waals surface area contributed by atoms with Crippen molar-refractivity contribution >= 4 is 29.2 Å². The number of aromatic nitrogens is 3. The van der Waals surface area contributed by atoms with Gasteiger partial charge in [0.2, 0.25) is 4.77 Å². The fourth-order valence-corrected chi connectivity index (χ4v) is 2.54. The minimum absolute atomic E-state index is 0.465. The van der Waals surface area contributed by atoms with E-state index in [9.17, 15) is 0 Å². The third-order valence-corrected chi connectivity index (χ3v) is 3.61. The summed E-state index contributed by atoms with van der Waals surface area (Å²) in [5.74, 6) is 1.51. The van der Waals surface area contributed by atoms with Crippen molar-refractivity contribution in [2.24, 2.45) is 5.10 Å². The molecule has 22 heavy (non-hydrogen) atoms. The van der Waals surface area contributed by atoms with Crippen molar-refractivity contribution in [1.29, 1.82) is 0 Å². The number of nitrogens with one attached hydrogen (secondary N) is 1. The van der Waals surface area contributed by atoms with Gasteiger partial charge in [0, 0.05) is 5.56 Å². The minimum atomic E-state index is 0.465. The molecule has 0 amide bonds. The van der Waals surface area contributed by atoms with Gasteiger partial charge in [-0.2, -0.15) is 14.9 Å². The van der Waals surface area contributed by atoms with Crippen molar-refractivity contribution in [1.82, 2.24) is 14.9 Å². The van der Waals surface area contributed by atoms with Crippen molar-refractivity contribution in [2.75, 3.05) is 6.61 Å². The SMILES string of the molecule is CCOc1ccc2ccccc2c1/C=N\n1c(C)n[nH]c1=S. The third-order valence-electron chi connectivity index (χ3n) is 3.35. The van der Waals surface area contributed by atoms with Gasteiger partial charge >= 0.3 is 0 Å². The summed E-state index contributed by atoms with van der Waals surface area (Å²) in [4.78, 5) is 0. The Morgan fingerprint density at radius 1 is 1.32 bits per heavy atom. The molecule has 0 atom stereocenters. The lowest BCUT2D eigenvalue weighted by Gasteiger charge is -2.10. The molecule has 5 nitrogen and oxygen atoms in total. The summed E-state index contributed by atoms with van der Waals surface area (Å²) in [6.45, 7) is 4.41.